The summed E-state index contributed by atoms with van der Waals surface area (Å²) in [5.74, 6) is 0.448. The van der Waals surface area contributed by atoms with Crippen LogP contribution in [-0.4, -0.2) is 33.6 Å². The SMILES string of the molecule is CN(C)c1ncc2nc(-c3cccc(C#N)c3)c(=O)n(CCC#N)c2n1. The summed E-state index contributed by atoms with van der Waals surface area (Å²) >= 11 is 0. The van der Waals surface area contributed by atoms with Crippen LogP contribution in [0.5, 0.6) is 0 Å². The summed E-state index contributed by atoms with van der Waals surface area (Å²) < 4.78 is 1.44. The molecule has 8 nitrogen and oxygen atoms in total. The monoisotopic (exact) mass is 345 g/mol. The Labute approximate surface area is 149 Å². The zero-order chi connectivity index (χ0) is 18.7. The lowest BCUT2D eigenvalue weighted by atomic mass is 10.1. The first kappa shape index (κ1) is 17.1. The van der Waals surface area contributed by atoms with Gasteiger partial charge in [-0.05, 0) is 12.1 Å². The fraction of sp³-hybridized carbons (Fsp3) is 0.222. The van der Waals surface area contributed by atoms with Crippen LogP contribution in [0, 0.1) is 22.7 Å². The van der Waals surface area contributed by atoms with Crippen LogP contribution in [0.15, 0.2) is 35.3 Å². The third kappa shape index (κ3) is 3.08. The van der Waals surface area contributed by atoms with Gasteiger partial charge in [-0.1, -0.05) is 12.1 Å². The van der Waals surface area contributed by atoms with Crippen molar-refractivity contribution in [1.29, 1.82) is 10.5 Å². The van der Waals surface area contributed by atoms with Gasteiger partial charge in [0.05, 0.1) is 30.3 Å². The quantitative estimate of drug-likeness (QED) is 0.707. The average molecular weight is 345 g/mol. The number of aromatic nitrogens is 4. The smallest absolute Gasteiger partial charge is 0.278 e. The van der Waals surface area contributed by atoms with E-state index in [4.69, 9.17) is 10.5 Å². The first-order chi connectivity index (χ1) is 12.5. The van der Waals surface area contributed by atoms with Gasteiger partial charge in [0.15, 0.2) is 5.65 Å². The molecule has 0 atom stereocenters. The molecule has 8 heteroatoms. The molecular formula is C18H15N7O. The lowest BCUT2D eigenvalue weighted by Crippen LogP contribution is -2.25. The van der Waals surface area contributed by atoms with E-state index < -0.39 is 0 Å². The summed E-state index contributed by atoms with van der Waals surface area (Å²) in [6.45, 7) is 0.198. The van der Waals surface area contributed by atoms with E-state index in [0.29, 0.717) is 28.2 Å². The van der Waals surface area contributed by atoms with E-state index in [0.717, 1.165) is 0 Å². The molecule has 0 bridgehead atoms. The van der Waals surface area contributed by atoms with Gasteiger partial charge in [0.25, 0.3) is 5.56 Å². The van der Waals surface area contributed by atoms with Gasteiger partial charge in [-0.3, -0.25) is 9.36 Å². The van der Waals surface area contributed by atoms with Crippen LogP contribution in [0.4, 0.5) is 5.95 Å². The van der Waals surface area contributed by atoms with Gasteiger partial charge in [0.2, 0.25) is 5.95 Å². The Balaban J connectivity index is 2.30. The van der Waals surface area contributed by atoms with Gasteiger partial charge in [-0.2, -0.15) is 15.5 Å². The van der Waals surface area contributed by atoms with E-state index in [1.807, 2.05) is 6.07 Å². The van der Waals surface area contributed by atoms with Crippen molar-refractivity contribution in [3.8, 4) is 23.4 Å². The molecule has 0 saturated heterocycles. The number of nitriles is 2. The number of rotatable bonds is 4. The molecule has 0 amide bonds. The van der Waals surface area contributed by atoms with Gasteiger partial charge in [-0.15, -0.1) is 0 Å². The van der Waals surface area contributed by atoms with Crippen molar-refractivity contribution in [3.05, 3.63) is 46.4 Å². The number of anilines is 1. The third-order valence-electron chi connectivity index (χ3n) is 3.79. The van der Waals surface area contributed by atoms with Crippen LogP contribution in [0.1, 0.15) is 12.0 Å². The molecule has 26 heavy (non-hydrogen) atoms. The Bertz CT molecular complexity index is 1120. The highest BCUT2D eigenvalue weighted by molar-refractivity contribution is 5.75. The molecule has 0 radical (unpaired) electrons. The number of nitrogens with zero attached hydrogens (tertiary/aromatic N) is 7. The Hall–Kier alpha value is -3.78. The van der Waals surface area contributed by atoms with E-state index in [1.165, 1.54) is 4.57 Å². The molecule has 0 unspecified atom stereocenters. The number of fused-ring (bicyclic) bond motifs is 1. The lowest BCUT2D eigenvalue weighted by molar-refractivity contribution is 0.701. The zero-order valence-electron chi connectivity index (χ0n) is 14.3. The number of aryl methyl sites for hydroxylation is 1. The molecule has 3 rings (SSSR count). The largest absolute Gasteiger partial charge is 0.347 e. The second kappa shape index (κ2) is 6.99. The predicted molar refractivity (Wildman–Crippen MR) is 96.3 cm³/mol. The van der Waals surface area contributed by atoms with Gasteiger partial charge in [0, 0.05) is 26.2 Å². The Kier molecular flexibility index (Phi) is 4.59. The molecular weight excluding hydrogens is 330 g/mol. The fourth-order valence-corrected chi connectivity index (χ4v) is 2.54. The van der Waals surface area contributed by atoms with Gasteiger partial charge in [0.1, 0.15) is 11.2 Å². The van der Waals surface area contributed by atoms with Crippen molar-refractivity contribution in [2.24, 2.45) is 0 Å². The normalized spacial score (nSPS) is 10.3. The predicted octanol–water partition coefficient (Wildman–Crippen LogP) is 1.70. The van der Waals surface area contributed by atoms with Gasteiger partial charge in [-0.25, -0.2) is 9.97 Å². The molecule has 3 aromatic rings. The fourth-order valence-electron chi connectivity index (χ4n) is 2.54. The number of hydrogen-bond acceptors (Lipinski definition) is 7. The summed E-state index contributed by atoms with van der Waals surface area (Å²) in [5.41, 5.74) is 1.65. The minimum Gasteiger partial charge on any atom is -0.347 e. The first-order valence-corrected chi connectivity index (χ1v) is 7.87. The molecule has 0 aliphatic rings. The summed E-state index contributed by atoms with van der Waals surface area (Å²) in [6, 6.07) is 10.8. The molecule has 2 heterocycles. The van der Waals surface area contributed by atoms with E-state index in [2.05, 4.69) is 21.0 Å². The highest BCUT2D eigenvalue weighted by atomic mass is 16.1. The van der Waals surface area contributed by atoms with Gasteiger partial charge < -0.3 is 4.90 Å². The summed E-state index contributed by atoms with van der Waals surface area (Å²) in [4.78, 5) is 27.8. The second-order valence-electron chi connectivity index (χ2n) is 5.79. The van der Waals surface area contributed by atoms with Crippen molar-refractivity contribution in [2.75, 3.05) is 19.0 Å². The molecule has 0 saturated carbocycles. The Morgan fingerprint density at radius 2 is 2.04 bits per heavy atom. The summed E-state index contributed by atoms with van der Waals surface area (Å²) in [7, 11) is 3.60. The zero-order valence-corrected chi connectivity index (χ0v) is 14.3. The van der Waals surface area contributed by atoms with Crippen LogP contribution < -0.4 is 10.5 Å². The third-order valence-corrected chi connectivity index (χ3v) is 3.79. The maximum absolute atomic E-state index is 13.0. The van der Waals surface area contributed by atoms with Crippen LogP contribution in [0.2, 0.25) is 0 Å². The Morgan fingerprint density at radius 3 is 2.73 bits per heavy atom. The maximum Gasteiger partial charge on any atom is 0.278 e. The number of hydrogen-bond donors (Lipinski definition) is 0. The first-order valence-electron chi connectivity index (χ1n) is 7.87. The molecule has 0 N–H and O–H groups in total. The summed E-state index contributed by atoms with van der Waals surface area (Å²) in [5, 5.41) is 18.0. The Morgan fingerprint density at radius 1 is 1.23 bits per heavy atom. The van der Waals surface area contributed by atoms with E-state index in [9.17, 15) is 4.79 Å². The van der Waals surface area contributed by atoms with Crippen LogP contribution >= 0.6 is 0 Å². The van der Waals surface area contributed by atoms with Crippen molar-refractivity contribution < 1.29 is 0 Å². The van der Waals surface area contributed by atoms with Crippen LogP contribution in [0.25, 0.3) is 22.4 Å². The van der Waals surface area contributed by atoms with Crippen LogP contribution in [0.3, 0.4) is 0 Å². The minimum absolute atomic E-state index is 0.165. The summed E-state index contributed by atoms with van der Waals surface area (Å²) in [6.07, 6.45) is 1.72. The van der Waals surface area contributed by atoms with E-state index in [1.54, 1.807) is 49.5 Å². The van der Waals surface area contributed by atoms with E-state index >= 15 is 0 Å². The topological polar surface area (TPSA) is 111 Å². The molecule has 0 fully saturated rings. The molecule has 1 aromatic carbocycles. The van der Waals surface area contributed by atoms with Crippen molar-refractivity contribution in [2.45, 2.75) is 13.0 Å². The highest BCUT2D eigenvalue weighted by Gasteiger charge is 2.15. The second-order valence-corrected chi connectivity index (χ2v) is 5.79. The van der Waals surface area contributed by atoms with Crippen LogP contribution in [-0.2, 0) is 6.54 Å². The van der Waals surface area contributed by atoms with Gasteiger partial charge >= 0.3 is 0 Å². The van der Waals surface area contributed by atoms with Crippen molar-refractivity contribution in [3.63, 3.8) is 0 Å². The molecule has 128 valence electrons. The minimum atomic E-state index is -0.355. The average Bonchev–Trinajstić information content (AvgIpc) is 2.66. The standard InChI is InChI=1S/C18H15N7O/c1-24(2)18-21-11-14-16(23-18)25(8-4-7-19)17(26)15(22-14)13-6-3-5-12(9-13)10-20/h3,5-6,9,11H,4,8H2,1-2H3. The van der Waals surface area contributed by atoms with Crippen molar-refractivity contribution >= 4 is 17.1 Å². The lowest BCUT2D eigenvalue weighted by Gasteiger charge is -2.14. The van der Waals surface area contributed by atoms with E-state index in [-0.39, 0.29) is 24.2 Å². The molecule has 0 aliphatic heterocycles. The number of benzene rings is 1. The maximum atomic E-state index is 13.0. The molecule has 0 aliphatic carbocycles. The highest BCUT2D eigenvalue weighted by Crippen LogP contribution is 2.19. The van der Waals surface area contributed by atoms with Crippen molar-refractivity contribution in [1.82, 2.24) is 19.5 Å². The molecule has 0 spiro atoms. The molecule has 2 aromatic heterocycles.